The molecule has 0 saturated heterocycles. The highest BCUT2D eigenvalue weighted by Gasteiger charge is 2.19. The van der Waals surface area contributed by atoms with Crippen LogP contribution in [0.25, 0.3) is 0 Å². The minimum Gasteiger partial charge on any atom is -0.491 e. The summed E-state index contributed by atoms with van der Waals surface area (Å²) in [6, 6.07) is 5.74. The van der Waals surface area contributed by atoms with Gasteiger partial charge in [-0.25, -0.2) is 0 Å². The molecule has 0 atom stereocenters. The van der Waals surface area contributed by atoms with Gasteiger partial charge in [-0.05, 0) is 44.0 Å². The lowest BCUT2D eigenvalue weighted by Crippen LogP contribution is -2.05. The summed E-state index contributed by atoms with van der Waals surface area (Å²) >= 11 is 0. The van der Waals surface area contributed by atoms with Gasteiger partial charge < -0.3 is 4.74 Å². The summed E-state index contributed by atoms with van der Waals surface area (Å²) in [7, 11) is 0. The van der Waals surface area contributed by atoms with E-state index >= 15 is 0 Å². The lowest BCUT2D eigenvalue weighted by Gasteiger charge is -2.10. The molecule has 0 aromatic heterocycles. The number of benzene rings is 1. The van der Waals surface area contributed by atoms with Crippen LogP contribution in [0.2, 0.25) is 0 Å². The number of carbonyl (C=O) groups excluding carboxylic acids is 1. The Morgan fingerprint density at radius 1 is 1.29 bits per heavy atom. The van der Waals surface area contributed by atoms with E-state index in [9.17, 15) is 4.79 Å². The van der Waals surface area contributed by atoms with Gasteiger partial charge in [0.2, 0.25) is 0 Å². The summed E-state index contributed by atoms with van der Waals surface area (Å²) in [6.07, 6.45) is 1.70. The summed E-state index contributed by atoms with van der Waals surface area (Å²) in [5, 5.41) is 0. The largest absolute Gasteiger partial charge is 0.491 e. The molecule has 1 aliphatic rings. The Bertz CT molecular complexity index is 367. The van der Waals surface area contributed by atoms with Crippen LogP contribution in [-0.4, -0.2) is 11.9 Å². The van der Waals surface area contributed by atoms with E-state index in [1.165, 1.54) is 0 Å². The quantitative estimate of drug-likeness (QED) is 0.716. The molecule has 2 nitrogen and oxygen atoms in total. The Hall–Kier alpha value is -1.31. The van der Waals surface area contributed by atoms with Crippen molar-refractivity contribution in [3.63, 3.8) is 0 Å². The van der Waals surface area contributed by atoms with E-state index in [1.54, 1.807) is 0 Å². The van der Waals surface area contributed by atoms with Gasteiger partial charge in [0.15, 0.2) is 5.78 Å². The van der Waals surface area contributed by atoms with Gasteiger partial charge in [0, 0.05) is 12.0 Å². The average molecular weight is 190 g/mol. The number of hydrogen-bond donors (Lipinski definition) is 0. The average Bonchev–Trinajstić information content (AvgIpc) is 2.46. The zero-order chi connectivity index (χ0) is 10.1. The van der Waals surface area contributed by atoms with Crippen LogP contribution < -0.4 is 4.74 Å². The van der Waals surface area contributed by atoms with Gasteiger partial charge >= 0.3 is 0 Å². The lowest BCUT2D eigenvalue weighted by atomic mass is 10.1. The molecule has 0 amide bonds. The first-order valence-corrected chi connectivity index (χ1v) is 4.99. The molecule has 0 aliphatic heterocycles. The van der Waals surface area contributed by atoms with Crippen molar-refractivity contribution in [2.75, 3.05) is 0 Å². The van der Waals surface area contributed by atoms with Crippen LogP contribution in [0.5, 0.6) is 5.75 Å². The highest BCUT2D eigenvalue weighted by Crippen LogP contribution is 2.26. The minimum atomic E-state index is 0.185. The topological polar surface area (TPSA) is 26.3 Å². The Labute approximate surface area is 83.9 Å². The Balaban J connectivity index is 2.28. The van der Waals surface area contributed by atoms with Crippen molar-refractivity contribution in [1.29, 1.82) is 0 Å². The van der Waals surface area contributed by atoms with Crippen molar-refractivity contribution in [2.45, 2.75) is 32.8 Å². The van der Waals surface area contributed by atoms with Gasteiger partial charge in [-0.1, -0.05) is 0 Å². The molecule has 1 aliphatic carbocycles. The Morgan fingerprint density at radius 3 is 2.79 bits per heavy atom. The first kappa shape index (κ1) is 9.25. The highest BCUT2D eigenvalue weighted by molar-refractivity contribution is 6.00. The molecule has 0 spiro atoms. The van der Waals surface area contributed by atoms with Crippen LogP contribution in [0, 0.1) is 0 Å². The molecule has 0 radical (unpaired) electrons. The predicted octanol–water partition coefficient (Wildman–Crippen LogP) is 2.60. The maximum atomic E-state index is 11.4. The zero-order valence-electron chi connectivity index (χ0n) is 8.54. The molecule has 0 unspecified atom stereocenters. The van der Waals surface area contributed by atoms with Gasteiger partial charge in [0.1, 0.15) is 5.75 Å². The Kier molecular flexibility index (Phi) is 2.28. The van der Waals surface area contributed by atoms with E-state index in [4.69, 9.17) is 4.74 Å². The molecule has 14 heavy (non-hydrogen) atoms. The van der Waals surface area contributed by atoms with E-state index in [-0.39, 0.29) is 11.9 Å². The second kappa shape index (κ2) is 3.45. The second-order valence-corrected chi connectivity index (χ2v) is 3.91. The molecule has 0 N–H and O–H groups in total. The third kappa shape index (κ3) is 1.65. The minimum absolute atomic E-state index is 0.185. The summed E-state index contributed by atoms with van der Waals surface area (Å²) in [6.45, 7) is 4.00. The number of fused-ring (bicyclic) bond motifs is 1. The summed E-state index contributed by atoms with van der Waals surface area (Å²) < 4.78 is 5.56. The third-order valence-corrected chi connectivity index (χ3v) is 2.37. The number of ether oxygens (including phenoxy) is 1. The van der Waals surface area contributed by atoms with Crippen molar-refractivity contribution < 1.29 is 9.53 Å². The predicted molar refractivity (Wildman–Crippen MR) is 54.9 cm³/mol. The summed E-state index contributed by atoms with van der Waals surface area (Å²) in [5.41, 5.74) is 2.01. The van der Waals surface area contributed by atoms with Gasteiger partial charge in [-0.15, -0.1) is 0 Å². The number of hydrogen-bond acceptors (Lipinski definition) is 2. The van der Waals surface area contributed by atoms with Crippen molar-refractivity contribution >= 4 is 5.78 Å². The molecule has 74 valence electrons. The van der Waals surface area contributed by atoms with Gasteiger partial charge in [-0.3, -0.25) is 4.79 Å². The fraction of sp³-hybridized carbons (Fsp3) is 0.417. The molecule has 0 bridgehead atoms. The fourth-order valence-electron chi connectivity index (χ4n) is 1.78. The summed E-state index contributed by atoms with van der Waals surface area (Å²) in [5.74, 6) is 1.13. The van der Waals surface area contributed by atoms with Crippen LogP contribution in [0.1, 0.15) is 36.2 Å². The SMILES string of the molecule is CC(C)Oc1ccc2c(c1)CCC2=O. The lowest BCUT2D eigenvalue weighted by molar-refractivity contribution is 0.0994. The van der Waals surface area contributed by atoms with Gasteiger partial charge in [0.25, 0.3) is 0 Å². The second-order valence-electron chi connectivity index (χ2n) is 3.91. The van der Waals surface area contributed by atoms with E-state index < -0.39 is 0 Å². The maximum Gasteiger partial charge on any atom is 0.163 e. The number of carbonyl (C=O) groups is 1. The van der Waals surface area contributed by atoms with E-state index in [0.717, 1.165) is 23.3 Å². The van der Waals surface area contributed by atoms with Crippen LogP contribution in [0.3, 0.4) is 0 Å². The van der Waals surface area contributed by atoms with Gasteiger partial charge in [-0.2, -0.15) is 0 Å². The molecule has 1 aromatic carbocycles. The monoisotopic (exact) mass is 190 g/mol. The number of Topliss-reactive ketones (excluding diaryl/α,β-unsaturated/α-hetero) is 1. The van der Waals surface area contributed by atoms with Crippen molar-refractivity contribution in [3.8, 4) is 5.75 Å². The number of aryl methyl sites for hydroxylation is 1. The smallest absolute Gasteiger partial charge is 0.163 e. The third-order valence-electron chi connectivity index (χ3n) is 2.37. The highest BCUT2D eigenvalue weighted by atomic mass is 16.5. The van der Waals surface area contributed by atoms with Crippen molar-refractivity contribution in [1.82, 2.24) is 0 Å². The van der Waals surface area contributed by atoms with Crippen molar-refractivity contribution in [3.05, 3.63) is 29.3 Å². The van der Waals surface area contributed by atoms with Crippen LogP contribution >= 0.6 is 0 Å². The Morgan fingerprint density at radius 2 is 2.07 bits per heavy atom. The first-order valence-electron chi connectivity index (χ1n) is 4.99. The first-order chi connectivity index (χ1) is 6.66. The molecule has 2 heteroatoms. The normalized spacial score (nSPS) is 14.6. The molecule has 0 saturated carbocycles. The van der Waals surface area contributed by atoms with Crippen LogP contribution in [0.4, 0.5) is 0 Å². The fourth-order valence-corrected chi connectivity index (χ4v) is 1.78. The van der Waals surface area contributed by atoms with E-state index in [0.29, 0.717) is 6.42 Å². The molecular weight excluding hydrogens is 176 g/mol. The van der Waals surface area contributed by atoms with Crippen LogP contribution in [0.15, 0.2) is 18.2 Å². The maximum absolute atomic E-state index is 11.4. The number of rotatable bonds is 2. The van der Waals surface area contributed by atoms with E-state index in [2.05, 4.69) is 0 Å². The zero-order valence-corrected chi connectivity index (χ0v) is 8.54. The van der Waals surface area contributed by atoms with Crippen LogP contribution in [-0.2, 0) is 6.42 Å². The van der Waals surface area contributed by atoms with Gasteiger partial charge in [0.05, 0.1) is 6.10 Å². The standard InChI is InChI=1S/C12H14O2/c1-8(2)14-10-4-5-11-9(7-10)3-6-12(11)13/h4-5,7-8H,3,6H2,1-2H3. The molecular formula is C12H14O2. The number of ketones is 1. The van der Waals surface area contributed by atoms with E-state index in [1.807, 2.05) is 32.0 Å². The van der Waals surface area contributed by atoms with Crippen molar-refractivity contribution in [2.24, 2.45) is 0 Å². The summed E-state index contributed by atoms with van der Waals surface area (Å²) in [4.78, 5) is 11.4. The molecule has 0 heterocycles. The molecule has 1 aromatic rings. The molecule has 2 rings (SSSR count). The molecule has 0 fully saturated rings.